The van der Waals surface area contributed by atoms with Crippen LogP contribution >= 0.6 is 0 Å². The Balaban J connectivity index is 1.72. The molecule has 2 amide bonds. The average molecular weight is 433 g/mol. The minimum absolute atomic E-state index is 0.143. The number of rotatable bonds is 4. The number of nitriles is 1. The maximum absolute atomic E-state index is 13.3. The highest BCUT2D eigenvalue weighted by Crippen LogP contribution is 2.34. The fraction of sp³-hybridized carbons (Fsp3) is 0.300. The Kier molecular flexibility index (Phi) is 6.29. The topological polar surface area (TPSA) is 110 Å². The van der Waals surface area contributed by atoms with Gasteiger partial charge in [-0.2, -0.15) is 18.4 Å². The third-order valence-corrected chi connectivity index (χ3v) is 4.77. The zero-order valence-corrected chi connectivity index (χ0v) is 16.2. The summed E-state index contributed by atoms with van der Waals surface area (Å²) >= 11 is 0. The zero-order valence-electron chi connectivity index (χ0n) is 16.2. The molecule has 2 N–H and O–H groups in total. The van der Waals surface area contributed by atoms with Gasteiger partial charge in [0.05, 0.1) is 11.1 Å². The van der Waals surface area contributed by atoms with Gasteiger partial charge in [-0.1, -0.05) is 30.3 Å². The highest BCUT2D eigenvalue weighted by molar-refractivity contribution is 5.90. The van der Waals surface area contributed by atoms with Crippen molar-refractivity contribution in [1.29, 1.82) is 5.26 Å². The number of urea groups is 1. The molecule has 1 aromatic carbocycles. The maximum Gasteiger partial charge on any atom is 0.434 e. The summed E-state index contributed by atoms with van der Waals surface area (Å²) in [6.07, 6.45) is -4.99. The maximum atomic E-state index is 13.3. The number of carboxylic acids is 1. The fourth-order valence-corrected chi connectivity index (χ4v) is 3.21. The Labute approximate surface area is 175 Å². The summed E-state index contributed by atoms with van der Waals surface area (Å²) in [6.45, 7) is 1.03. The Hall–Kier alpha value is -3.81. The molecule has 0 saturated carbocycles. The lowest BCUT2D eigenvalue weighted by atomic mass is 10.1. The lowest BCUT2D eigenvalue weighted by molar-refractivity contribution is -0.141. The van der Waals surface area contributed by atoms with Crippen molar-refractivity contribution in [2.24, 2.45) is 0 Å². The molecule has 1 aliphatic heterocycles. The van der Waals surface area contributed by atoms with Gasteiger partial charge in [-0.3, -0.25) is 0 Å². The number of aromatic nitrogens is 1. The van der Waals surface area contributed by atoms with E-state index in [1.54, 1.807) is 6.07 Å². The van der Waals surface area contributed by atoms with Crippen molar-refractivity contribution in [3.63, 3.8) is 0 Å². The second-order valence-electron chi connectivity index (χ2n) is 6.79. The van der Waals surface area contributed by atoms with Gasteiger partial charge in [0.2, 0.25) is 0 Å². The van der Waals surface area contributed by atoms with Crippen LogP contribution in [-0.2, 0) is 12.7 Å². The van der Waals surface area contributed by atoms with E-state index >= 15 is 0 Å². The van der Waals surface area contributed by atoms with Crippen LogP contribution < -0.4 is 10.2 Å². The fourth-order valence-electron chi connectivity index (χ4n) is 3.21. The van der Waals surface area contributed by atoms with E-state index in [1.165, 1.54) is 9.80 Å². The molecular weight excluding hydrogens is 415 g/mol. The number of pyridine rings is 1. The molecule has 1 saturated heterocycles. The zero-order chi connectivity index (χ0) is 22.6. The Morgan fingerprint density at radius 2 is 1.81 bits per heavy atom. The normalized spacial score (nSPS) is 14.1. The molecule has 2 aromatic rings. The van der Waals surface area contributed by atoms with Gasteiger partial charge in [-0.25, -0.2) is 14.6 Å². The van der Waals surface area contributed by atoms with E-state index in [4.69, 9.17) is 5.11 Å². The Morgan fingerprint density at radius 3 is 2.35 bits per heavy atom. The summed E-state index contributed by atoms with van der Waals surface area (Å²) in [4.78, 5) is 30.0. The first-order valence-corrected chi connectivity index (χ1v) is 9.28. The number of hydrogen-bond donors (Lipinski definition) is 2. The van der Waals surface area contributed by atoms with Crippen molar-refractivity contribution in [3.8, 4) is 6.07 Å². The average Bonchev–Trinajstić information content (AvgIpc) is 2.76. The summed E-state index contributed by atoms with van der Waals surface area (Å²) < 4.78 is 39.9. The van der Waals surface area contributed by atoms with Crippen LogP contribution in [0.2, 0.25) is 0 Å². The number of hydrogen-bond acceptors (Lipinski definition) is 5. The number of nitrogens with one attached hydrogen (secondary N) is 1. The van der Waals surface area contributed by atoms with Crippen LogP contribution in [0.15, 0.2) is 36.4 Å². The Morgan fingerprint density at radius 1 is 1.16 bits per heavy atom. The van der Waals surface area contributed by atoms with Gasteiger partial charge in [0.1, 0.15) is 11.9 Å². The van der Waals surface area contributed by atoms with Gasteiger partial charge in [0.15, 0.2) is 5.69 Å². The lowest BCUT2D eigenvalue weighted by Crippen LogP contribution is -2.52. The van der Waals surface area contributed by atoms with Crippen LogP contribution in [-0.4, -0.2) is 53.2 Å². The smallest absolute Gasteiger partial charge is 0.434 e. The van der Waals surface area contributed by atoms with Crippen LogP contribution in [0, 0.1) is 11.3 Å². The summed E-state index contributed by atoms with van der Waals surface area (Å²) in [6, 6.07) is 11.4. The standard InChI is InChI=1S/C20H18F3N5O3/c21-20(22,23)16-15(18(29)30)10-14(11-24)17(26-16)27-6-8-28(9-7-27)19(31)25-12-13-4-2-1-3-5-13/h1-5,10H,6-9,12H2,(H,25,31)(H,29,30). The summed E-state index contributed by atoms with van der Waals surface area (Å²) in [5.41, 5.74) is -1.98. The Bertz CT molecular complexity index is 1010. The van der Waals surface area contributed by atoms with Crippen molar-refractivity contribution < 1.29 is 27.9 Å². The number of carbonyl (C=O) groups excluding carboxylic acids is 1. The highest BCUT2D eigenvalue weighted by Gasteiger charge is 2.39. The van der Waals surface area contributed by atoms with Crippen molar-refractivity contribution in [3.05, 3.63) is 58.8 Å². The number of piperazine rings is 1. The predicted molar refractivity (Wildman–Crippen MR) is 103 cm³/mol. The minimum atomic E-state index is -4.99. The molecular formula is C20H18F3N5O3. The second kappa shape index (κ2) is 8.91. The van der Waals surface area contributed by atoms with E-state index in [0.29, 0.717) is 12.6 Å². The van der Waals surface area contributed by atoms with Crippen LogP contribution in [0.4, 0.5) is 23.8 Å². The summed E-state index contributed by atoms with van der Waals surface area (Å²) in [5, 5.41) is 21.1. The van der Waals surface area contributed by atoms with Crippen LogP contribution in [0.1, 0.15) is 27.2 Å². The first-order chi connectivity index (χ1) is 14.7. The first kappa shape index (κ1) is 21.9. The van der Waals surface area contributed by atoms with E-state index in [-0.39, 0.29) is 43.6 Å². The van der Waals surface area contributed by atoms with Crippen LogP contribution in [0.3, 0.4) is 0 Å². The minimum Gasteiger partial charge on any atom is -0.478 e. The van der Waals surface area contributed by atoms with Gasteiger partial charge in [-0.05, 0) is 11.6 Å². The van der Waals surface area contributed by atoms with Crippen molar-refractivity contribution in [2.75, 3.05) is 31.1 Å². The number of nitrogens with zero attached hydrogens (tertiary/aromatic N) is 4. The molecule has 0 aliphatic carbocycles. The second-order valence-corrected chi connectivity index (χ2v) is 6.79. The van der Waals surface area contributed by atoms with Gasteiger partial charge < -0.3 is 20.2 Å². The molecule has 1 aliphatic rings. The van der Waals surface area contributed by atoms with Crippen molar-refractivity contribution in [1.82, 2.24) is 15.2 Å². The largest absolute Gasteiger partial charge is 0.478 e. The summed E-state index contributed by atoms with van der Waals surface area (Å²) in [7, 11) is 0. The first-order valence-electron chi connectivity index (χ1n) is 9.28. The molecule has 31 heavy (non-hydrogen) atoms. The molecule has 1 aromatic heterocycles. The SMILES string of the molecule is N#Cc1cc(C(=O)O)c(C(F)(F)F)nc1N1CCN(C(=O)NCc2ccccc2)CC1. The van der Waals surface area contributed by atoms with Crippen LogP contribution in [0.25, 0.3) is 0 Å². The van der Waals surface area contributed by atoms with E-state index < -0.39 is 23.4 Å². The molecule has 8 nitrogen and oxygen atoms in total. The molecule has 11 heteroatoms. The van der Waals surface area contributed by atoms with Gasteiger partial charge in [-0.15, -0.1) is 0 Å². The molecule has 0 atom stereocenters. The number of benzene rings is 1. The number of carbonyl (C=O) groups is 2. The molecule has 1 fully saturated rings. The van der Waals surface area contributed by atoms with E-state index in [1.807, 2.05) is 30.3 Å². The molecule has 162 valence electrons. The third kappa shape index (κ3) is 5.03. The van der Waals surface area contributed by atoms with Gasteiger partial charge in [0, 0.05) is 32.7 Å². The van der Waals surface area contributed by atoms with Crippen LogP contribution in [0.5, 0.6) is 0 Å². The molecule has 0 bridgehead atoms. The lowest BCUT2D eigenvalue weighted by Gasteiger charge is -2.36. The number of carboxylic acid groups (broad SMARTS) is 1. The van der Waals surface area contributed by atoms with E-state index in [2.05, 4.69) is 10.3 Å². The van der Waals surface area contributed by atoms with Gasteiger partial charge >= 0.3 is 18.2 Å². The monoisotopic (exact) mass is 433 g/mol. The highest BCUT2D eigenvalue weighted by atomic mass is 19.4. The van der Waals surface area contributed by atoms with Crippen molar-refractivity contribution >= 4 is 17.8 Å². The number of halogens is 3. The van der Waals surface area contributed by atoms with Crippen molar-refractivity contribution in [2.45, 2.75) is 12.7 Å². The predicted octanol–water partition coefficient (Wildman–Crippen LogP) is 2.70. The quantitative estimate of drug-likeness (QED) is 0.767. The van der Waals surface area contributed by atoms with Gasteiger partial charge in [0.25, 0.3) is 0 Å². The number of amides is 2. The molecule has 3 rings (SSSR count). The molecule has 0 radical (unpaired) electrons. The molecule has 2 heterocycles. The number of alkyl halides is 3. The molecule has 0 unspecified atom stereocenters. The molecule has 0 spiro atoms. The summed E-state index contributed by atoms with van der Waals surface area (Å²) in [5.74, 6) is -2.06. The number of anilines is 1. The van der Waals surface area contributed by atoms with E-state index in [0.717, 1.165) is 5.56 Å². The number of aromatic carboxylic acids is 1. The third-order valence-electron chi connectivity index (χ3n) is 4.77. The van der Waals surface area contributed by atoms with E-state index in [9.17, 15) is 28.0 Å².